The van der Waals surface area contributed by atoms with Gasteiger partial charge in [-0.15, -0.1) is 0 Å². The van der Waals surface area contributed by atoms with Gasteiger partial charge in [0.1, 0.15) is 0 Å². The van der Waals surface area contributed by atoms with E-state index in [4.69, 9.17) is 14.5 Å². The highest BCUT2D eigenvalue weighted by atomic mass is 16.5. The number of methoxy groups -OCH3 is 1. The van der Waals surface area contributed by atoms with E-state index in [0.717, 1.165) is 54.8 Å². The van der Waals surface area contributed by atoms with Gasteiger partial charge in [0.05, 0.1) is 19.2 Å². The summed E-state index contributed by atoms with van der Waals surface area (Å²) in [6, 6.07) is 4.16. The largest absolute Gasteiger partial charge is 0.493 e. The zero-order chi connectivity index (χ0) is 20.4. The summed E-state index contributed by atoms with van der Waals surface area (Å²) >= 11 is 0. The van der Waals surface area contributed by atoms with Crippen molar-refractivity contribution in [3.05, 3.63) is 23.4 Å². The van der Waals surface area contributed by atoms with Crippen molar-refractivity contribution >= 4 is 16.6 Å². The molecule has 1 fully saturated rings. The molecule has 1 aromatic heterocycles. The van der Waals surface area contributed by atoms with E-state index < -0.39 is 0 Å². The number of anilines is 1. The summed E-state index contributed by atoms with van der Waals surface area (Å²) in [6.45, 7) is 12.0. The molecule has 2 aromatic rings. The lowest BCUT2D eigenvalue weighted by molar-refractivity contribution is 0.254. The van der Waals surface area contributed by atoms with Crippen LogP contribution in [0.15, 0.2) is 12.1 Å². The minimum absolute atomic E-state index is 0.260. The van der Waals surface area contributed by atoms with Crippen LogP contribution in [-0.2, 0) is 12.8 Å². The van der Waals surface area contributed by atoms with Gasteiger partial charge in [0, 0.05) is 35.9 Å². The van der Waals surface area contributed by atoms with E-state index in [1.807, 2.05) is 0 Å². The van der Waals surface area contributed by atoms with Crippen LogP contribution in [0.5, 0.6) is 11.5 Å². The quantitative estimate of drug-likeness (QED) is 0.656. The molecule has 5 nitrogen and oxygen atoms in total. The van der Waals surface area contributed by atoms with Crippen molar-refractivity contribution < 1.29 is 9.47 Å². The van der Waals surface area contributed by atoms with Crippen LogP contribution in [-0.4, -0.2) is 49.8 Å². The lowest BCUT2D eigenvalue weighted by atomic mass is 9.90. The van der Waals surface area contributed by atoms with E-state index in [2.05, 4.69) is 43.1 Å². The molecule has 2 aliphatic rings. The molecule has 0 atom stereocenters. The van der Waals surface area contributed by atoms with Crippen molar-refractivity contribution in [1.82, 2.24) is 9.88 Å². The van der Waals surface area contributed by atoms with Gasteiger partial charge in [0.15, 0.2) is 11.5 Å². The third-order valence-electron chi connectivity index (χ3n) is 6.19. The molecule has 2 heterocycles. The van der Waals surface area contributed by atoms with Gasteiger partial charge in [-0.05, 0) is 69.2 Å². The highest BCUT2D eigenvalue weighted by Gasteiger charge is 2.32. The van der Waals surface area contributed by atoms with Gasteiger partial charge in [-0.3, -0.25) is 4.98 Å². The first-order valence-electron chi connectivity index (χ1n) is 11.1. The van der Waals surface area contributed by atoms with Crippen molar-refractivity contribution in [3.8, 4) is 11.5 Å². The number of rotatable bonds is 8. The van der Waals surface area contributed by atoms with E-state index in [1.165, 1.54) is 42.9 Å². The molecule has 0 bridgehead atoms. The molecule has 5 heteroatoms. The van der Waals surface area contributed by atoms with Crippen LogP contribution in [0, 0.1) is 5.41 Å². The lowest BCUT2D eigenvalue weighted by Crippen LogP contribution is -2.21. The smallest absolute Gasteiger partial charge is 0.163 e. The summed E-state index contributed by atoms with van der Waals surface area (Å²) in [5, 5.41) is 4.73. The Bertz CT molecular complexity index is 872. The fourth-order valence-electron chi connectivity index (χ4n) is 4.82. The number of ether oxygens (including phenoxy) is 2. The molecule has 0 spiro atoms. The molecule has 0 amide bonds. The average molecular weight is 398 g/mol. The Hall–Kier alpha value is -2.01. The van der Waals surface area contributed by atoms with Gasteiger partial charge in [0.2, 0.25) is 0 Å². The van der Waals surface area contributed by atoms with Crippen LogP contribution in [0.2, 0.25) is 0 Å². The molecule has 0 unspecified atom stereocenters. The maximum absolute atomic E-state index is 6.14. The summed E-state index contributed by atoms with van der Waals surface area (Å²) in [5.41, 5.74) is 5.06. The zero-order valence-corrected chi connectivity index (χ0v) is 18.4. The summed E-state index contributed by atoms with van der Waals surface area (Å²) in [6.07, 6.45) is 5.79. The van der Waals surface area contributed by atoms with Gasteiger partial charge < -0.3 is 19.7 Å². The topological polar surface area (TPSA) is 46.6 Å². The second-order valence-corrected chi connectivity index (χ2v) is 9.23. The third kappa shape index (κ3) is 4.30. The van der Waals surface area contributed by atoms with Crippen molar-refractivity contribution in [1.29, 1.82) is 0 Å². The molecular formula is C24H35N3O2. The normalized spacial score (nSPS) is 18.2. The van der Waals surface area contributed by atoms with Gasteiger partial charge >= 0.3 is 0 Å². The highest BCUT2D eigenvalue weighted by Crippen LogP contribution is 2.44. The standard InChI is InChI=1S/C24H35N3O2/c1-5-25-23-17-13-21(28-4)22(29-12-8-11-27-9-6-7-10-27)14-19(17)26-20-16-24(2,3)15-18(20)23/h13-14H,5-12,15-16H2,1-4H3,(H,25,26). The lowest BCUT2D eigenvalue weighted by Gasteiger charge is -2.18. The maximum atomic E-state index is 6.14. The number of nitrogens with zero attached hydrogens (tertiary/aromatic N) is 2. The van der Waals surface area contributed by atoms with Gasteiger partial charge in [0.25, 0.3) is 0 Å². The number of aromatic nitrogens is 1. The van der Waals surface area contributed by atoms with Crippen LogP contribution >= 0.6 is 0 Å². The van der Waals surface area contributed by atoms with E-state index in [9.17, 15) is 0 Å². The van der Waals surface area contributed by atoms with Crippen LogP contribution in [0.25, 0.3) is 10.9 Å². The molecule has 0 radical (unpaired) electrons. The number of fused-ring (bicyclic) bond motifs is 2. The minimum atomic E-state index is 0.260. The number of hydrogen-bond donors (Lipinski definition) is 1. The minimum Gasteiger partial charge on any atom is -0.493 e. The van der Waals surface area contributed by atoms with Crippen LogP contribution in [0.1, 0.15) is 51.3 Å². The predicted octanol–water partition coefficient (Wildman–Crippen LogP) is 4.66. The third-order valence-corrected chi connectivity index (χ3v) is 6.19. The van der Waals surface area contributed by atoms with Crippen LogP contribution in [0.4, 0.5) is 5.69 Å². The first-order chi connectivity index (χ1) is 14.0. The SMILES string of the molecule is CCNc1c2c(nc3cc(OCCCN4CCCC4)c(OC)cc13)CC(C)(C)C2. The van der Waals surface area contributed by atoms with Crippen LogP contribution in [0.3, 0.4) is 0 Å². The summed E-state index contributed by atoms with van der Waals surface area (Å²) in [7, 11) is 1.72. The molecule has 1 N–H and O–H groups in total. The Morgan fingerprint density at radius 3 is 2.66 bits per heavy atom. The Morgan fingerprint density at radius 2 is 1.93 bits per heavy atom. The Balaban J connectivity index is 1.60. The monoisotopic (exact) mass is 397 g/mol. The zero-order valence-electron chi connectivity index (χ0n) is 18.4. The second-order valence-electron chi connectivity index (χ2n) is 9.23. The number of likely N-dealkylation sites (tertiary alicyclic amines) is 1. The summed E-state index contributed by atoms with van der Waals surface area (Å²) in [5.74, 6) is 1.59. The fraction of sp³-hybridized carbons (Fsp3) is 0.625. The maximum Gasteiger partial charge on any atom is 0.163 e. The summed E-state index contributed by atoms with van der Waals surface area (Å²) < 4.78 is 11.8. The van der Waals surface area contributed by atoms with E-state index in [1.54, 1.807) is 7.11 Å². The number of benzene rings is 1. The number of pyridine rings is 1. The van der Waals surface area contributed by atoms with Crippen molar-refractivity contribution in [3.63, 3.8) is 0 Å². The Kier molecular flexibility index (Phi) is 5.86. The molecule has 1 aliphatic carbocycles. The molecule has 0 saturated carbocycles. The molecule has 1 aromatic carbocycles. The molecule has 158 valence electrons. The average Bonchev–Trinajstić information content (AvgIpc) is 3.31. The van der Waals surface area contributed by atoms with Crippen molar-refractivity contribution in [2.45, 2.75) is 52.9 Å². The van der Waals surface area contributed by atoms with Gasteiger partial charge in [-0.25, -0.2) is 0 Å². The van der Waals surface area contributed by atoms with Crippen molar-refractivity contribution in [2.75, 3.05) is 45.2 Å². The number of hydrogen-bond acceptors (Lipinski definition) is 5. The first kappa shape index (κ1) is 20.3. The van der Waals surface area contributed by atoms with E-state index in [0.29, 0.717) is 6.61 Å². The molecule has 29 heavy (non-hydrogen) atoms. The second kappa shape index (κ2) is 8.39. The highest BCUT2D eigenvalue weighted by molar-refractivity contribution is 5.96. The van der Waals surface area contributed by atoms with E-state index in [-0.39, 0.29) is 5.41 Å². The molecule has 4 rings (SSSR count). The van der Waals surface area contributed by atoms with Gasteiger partial charge in [-0.1, -0.05) is 13.8 Å². The Labute approximate surface area is 174 Å². The summed E-state index contributed by atoms with van der Waals surface area (Å²) in [4.78, 5) is 7.56. The molecule has 1 aliphatic heterocycles. The van der Waals surface area contributed by atoms with E-state index >= 15 is 0 Å². The number of nitrogens with one attached hydrogen (secondary N) is 1. The Morgan fingerprint density at radius 1 is 1.14 bits per heavy atom. The fourth-order valence-corrected chi connectivity index (χ4v) is 4.82. The molecular weight excluding hydrogens is 362 g/mol. The van der Waals surface area contributed by atoms with Crippen LogP contribution < -0.4 is 14.8 Å². The first-order valence-corrected chi connectivity index (χ1v) is 11.1. The van der Waals surface area contributed by atoms with Gasteiger partial charge in [-0.2, -0.15) is 0 Å². The van der Waals surface area contributed by atoms with Crippen molar-refractivity contribution in [2.24, 2.45) is 5.41 Å². The predicted molar refractivity (Wildman–Crippen MR) is 119 cm³/mol. The molecule has 1 saturated heterocycles.